The van der Waals surface area contributed by atoms with Gasteiger partial charge in [0.1, 0.15) is 5.78 Å². The lowest BCUT2D eigenvalue weighted by molar-refractivity contribution is -0.201. The SMILES string of the molecule is CC(=O)C(CCOCCOCCCC(=O)OC(=O)C(F)(F)F)C(=O)c1cncc(C)c1. The minimum atomic E-state index is -5.22. The van der Waals surface area contributed by atoms with E-state index in [9.17, 15) is 32.3 Å². The van der Waals surface area contributed by atoms with E-state index in [-0.39, 0.29) is 50.8 Å². The Labute approximate surface area is 177 Å². The third-order valence-corrected chi connectivity index (χ3v) is 4.00. The molecule has 31 heavy (non-hydrogen) atoms. The normalized spacial score (nSPS) is 12.3. The van der Waals surface area contributed by atoms with Crippen molar-refractivity contribution in [1.82, 2.24) is 4.98 Å². The molecule has 0 saturated carbocycles. The van der Waals surface area contributed by atoms with Gasteiger partial charge in [0.25, 0.3) is 0 Å². The average Bonchev–Trinajstić information content (AvgIpc) is 2.68. The summed E-state index contributed by atoms with van der Waals surface area (Å²) in [7, 11) is 0. The summed E-state index contributed by atoms with van der Waals surface area (Å²) >= 11 is 0. The highest BCUT2D eigenvalue weighted by Gasteiger charge is 2.42. The lowest BCUT2D eigenvalue weighted by Crippen LogP contribution is -2.28. The highest BCUT2D eigenvalue weighted by atomic mass is 19.4. The van der Waals surface area contributed by atoms with Crippen LogP contribution in [0.1, 0.15) is 42.1 Å². The number of Topliss-reactive ketones (excluding diaryl/α,β-unsaturated/α-hetero) is 2. The zero-order valence-electron chi connectivity index (χ0n) is 17.2. The van der Waals surface area contributed by atoms with Crippen LogP contribution < -0.4 is 0 Å². The largest absolute Gasteiger partial charge is 0.491 e. The Bertz CT molecular complexity index is 780. The molecule has 1 unspecified atom stereocenters. The van der Waals surface area contributed by atoms with Crippen molar-refractivity contribution in [2.24, 2.45) is 5.92 Å². The van der Waals surface area contributed by atoms with Crippen LogP contribution in [-0.4, -0.2) is 61.1 Å². The first-order valence-electron chi connectivity index (χ1n) is 9.46. The molecule has 1 aromatic heterocycles. The molecule has 0 amide bonds. The second-order valence-electron chi connectivity index (χ2n) is 6.65. The van der Waals surface area contributed by atoms with Crippen LogP contribution in [-0.2, 0) is 28.6 Å². The third kappa shape index (κ3) is 10.3. The van der Waals surface area contributed by atoms with Crippen molar-refractivity contribution in [3.05, 3.63) is 29.6 Å². The van der Waals surface area contributed by atoms with Crippen molar-refractivity contribution in [3.63, 3.8) is 0 Å². The maximum absolute atomic E-state index is 12.5. The first-order valence-corrected chi connectivity index (χ1v) is 9.46. The number of nitrogens with zero attached hydrogens (tertiary/aromatic N) is 1. The molecule has 0 aliphatic heterocycles. The van der Waals surface area contributed by atoms with Gasteiger partial charge >= 0.3 is 18.1 Å². The number of hydrogen-bond acceptors (Lipinski definition) is 8. The van der Waals surface area contributed by atoms with Gasteiger partial charge in [-0.25, -0.2) is 4.79 Å². The van der Waals surface area contributed by atoms with E-state index >= 15 is 0 Å². The fourth-order valence-electron chi connectivity index (χ4n) is 2.46. The zero-order valence-corrected chi connectivity index (χ0v) is 17.2. The molecule has 0 radical (unpaired) electrons. The molecule has 1 atom stereocenters. The monoisotopic (exact) mass is 447 g/mol. The van der Waals surface area contributed by atoms with E-state index < -0.39 is 30.5 Å². The maximum Gasteiger partial charge on any atom is 0.491 e. The van der Waals surface area contributed by atoms with Crippen LogP contribution in [0.15, 0.2) is 18.5 Å². The summed E-state index contributed by atoms with van der Waals surface area (Å²) in [5.41, 5.74) is 1.17. The van der Waals surface area contributed by atoms with Crippen molar-refractivity contribution >= 4 is 23.5 Å². The minimum Gasteiger partial charge on any atom is -0.386 e. The summed E-state index contributed by atoms with van der Waals surface area (Å²) in [5, 5.41) is 0. The number of aryl methyl sites for hydroxylation is 1. The van der Waals surface area contributed by atoms with E-state index in [1.54, 1.807) is 19.2 Å². The van der Waals surface area contributed by atoms with Gasteiger partial charge in [-0.1, -0.05) is 0 Å². The second-order valence-corrected chi connectivity index (χ2v) is 6.65. The van der Waals surface area contributed by atoms with Crippen LogP contribution in [0.2, 0.25) is 0 Å². The van der Waals surface area contributed by atoms with E-state index in [1.807, 2.05) is 0 Å². The van der Waals surface area contributed by atoms with Gasteiger partial charge < -0.3 is 14.2 Å². The van der Waals surface area contributed by atoms with Gasteiger partial charge in [-0.2, -0.15) is 13.2 Å². The molecule has 8 nitrogen and oxygen atoms in total. The third-order valence-electron chi connectivity index (χ3n) is 4.00. The first kappa shape index (κ1) is 26.4. The number of pyridine rings is 1. The lowest BCUT2D eigenvalue weighted by atomic mass is 9.92. The summed E-state index contributed by atoms with van der Waals surface area (Å²) in [6.45, 7) is 3.61. The van der Waals surface area contributed by atoms with Gasteiger partial charge in [0.2, 0.25) is 0 Å². The predicted octanol–water partition coefficient (Wildman–Crippen LogP) is 2.61. The Morgan fingerprint density at radius 1 is 1.03 bits per heavy atom. The van der Waals surface area contributed by atoms with Crippen LogP contribution in [0.25, 0.3) is 0 Å². The molecule has 1 heterocycles. The molecular formula is C20H24F3NO7. The van der Waals surface area contributed by atoms with Crippen LogP contribution >= 0.6 is 0 Å². The van der Waals surface area contributed by atoms with Crippen molar-refractivity contribution < 1.29 is 46.6 Å². The summed E-state index contributed by atoms with van der Waals surface area (Å²) in [4.78, 5) is 49.8. The van der Waals surface area contributed by atoms with Crippen LogP contribution in [0.3, 0.4) is 0 Å². The molecular weight excluding hydrogens is 423 g/mol. The average molecular weight is 447 g/mol. The van der Waals surface area contributed by atoms with Crippen molar-refractivity contribution in [2.45, 2.75) is 39.3 Å². The Morgan fingerprint density at radius 3 is 2.26 bits per heavy atom. The number of halogens is 3. The van der Waals surface area contributed by atoms with Crippen molar-refractivity contribution in [2.75, 3.05) is 26.4 Å². The molecule has 1 rings (SSSR count). The van der Waals surface area contributed by atoms with Gasteiger partial charge in [-0.05, 0) is 38.3 Å². The molecule has 0 spiro atoms. The van der Waals surface area contributed by atoms with E-state index in [0.29, 0.717) is 5.56 Å². The standard InChI is InChI=1S/C20H24F3NO7/c1-13-10-15(12-24-11-13)18(27)16(14(2)25)5-7-30-9-8-29-6-3-4-17(26)31-19(28)20(21,22)23/h10-12,16H,3-9H2,1-2H3. The number of rotatable bonds is 13. The van der Waals surface area contributed by atoms with Crippen LogP contribution in [0, 0.1) is 12.8 Å². The molecule has 0 saturated heterocycles. The smallest absolute Gasteiger partial charge is 0.386 e. The number of carbonyl (C=O) groups is 4. The summed E-state index contributed by atoms with van der Waals surface area (Å²) in [6, 6.07) is 1.66. The number of esters is 2. The molecule has 0 aliphatic carbocycles. The van der Waals surface area contributed by atoms with Crippen LogP contribution in [0.4, 0.5) is 13.2 Å². The number of carbonyl (C=O) groups excluding carboxylic acids is 4. The molecule has 0 aromatic carbocycles. The molecule has 1 aromatic rings. The van der Waals surface area contributed by atoms with Gasteiger partial charge in [-0.3, -0.25) is 19.4 Å². The topological polar surface area (TPSA) is 109 Å². The summed E-state index contributed by atoms with van der Waals surface area (Å²) < 4.78 is 49.9. The molecule has 0 aliphatic rings. The zero-order chi connectivity index (χ0) is 23.4. The Kier molecular flexibility index (Phi) is 11.0. The number of hydrogen-bond donors (Lipinski definition) is 0. The van der Waals surface area contributed by atoms with E-state index in [0.717, 1.165) is 5.56 Å². The molecule has 11 heteroatoms. The number of aromatic nitrogens is 1. The molecule has 0 bridgehead atoms. The molecule has 0 fully saturated rings. The Morgan fingerprint density at radius 2 is 1.68 bits per heavy atom. The Hall–Kier alpha value is -2.66. The highest BCUT2D eigenvalue weighted by molar-refractivity contribution is 6.09. The summed E-state index contributed by atoms with van der Waals surface area (Å²) in [5.74, 6) is -5.27. The first-order chi connectivity index (χ1) is 14.5. The van der Waals surface area contributed by atoms with E-state index in [1.165, 1.54) is 13.1 Å². The van der Waals surface area contributed by atoms with E-state index in [4.69, 9.17) is 9.47 Å². The lowest BCUT2D eigenvalue weighted by Gasteiger charge is -2.13. The van der Waals surface area contributed by atoms with Crippen molar-refractivity contribution in [3.8, 4) is 0 Å². The van der Waals surface area contributed by atoms with Gasteiger partial charge in [0, 0.05) is 37.6 Å². The second kappa shape index (κ2) is 12.9. The quantitative estimate of drug-likeness (QED) is 0.197. The van der Waals surface area contributed by atoms with Crippen LogP contribution in [0.5, 0.6) is 0 Å². The fraction of sp³-hybridized carbons (Fsp3) is 0.550. The fourth-order valence-corrected chi connectivity index (χ4v) is 2.46. The van der Waals surface area contributed by atoms with Gasteiger partial charge in [0.05, 0.1) is 19.1 Å². The summed E-state index contributed by atoms with van der Waals surface area (Å²) in [6.07, 6.45) is -2.34. The molecule has 172 valence electrons. The maximum atomic E-state index is 12.5. The van der Waals surface area contributed by atoms with E-state index in [2.05, 4.69) is 9.72 Å². The van der Waals surface area contributed by atoms with Gasteiger partial charge in [0.15, 0.2) is 5.78 Å². The predicted molar refractivity (Wildman–Crippen MR) is 100 cm³/mol. The van der Waals surface area contributed by atoms with Gasteiger partial charge in [-0.15, -0.1) is 0 Å². The van der Waals surface area contributed by atoms with Crippen molar-refractivity contribution in [1.29, 1.82) is 0 Å². The Balaban J connectivity index is 2.19. The molecule has 0 N–H and O–H groups in total. The number of alkyl halides is 3. The highest BCUT2D eigenvalue weighted by Crippen LogP contribution is 2.17. The number of ketones is 2. The number of ether oxygens (including phenoxy) is 3. The minimum absolute atomic E-state index is 0.0492.